The van der Waals surface area contributed by atoms with Crippen molar-refractivity contribution in [3.8, 4) is 11.3 Å². The number of pyridine rings is 1. The van der Waals surface area contributed by atoms with Crippen molar-refractivity contribution in [1.29, 1.82) is 0 Å². The van der Waals surface area contributed by atoms with E-state index in [4.69, 9.17) is 4.43 Å². The molecular weight excluding hydrogens is 587 g/mol. The van der Waals surface area contributed by atoms with E-state index in [1.807, 2.05) is 26.8 Å². The van der Waals surface area contributed by atoms with Crippen LogP contribution >= 0.6 is 0 Å². The first-order valence-corrected chi connectivity index (χ1v) is 17.5. The Balaban J connectivity index is 1.95. The summed E-state index contributed by atoms with van der Waals surface area (Å²) >= 11 is 0. The van der Waals surface area contributed by atoms with Crippen LogP contribution in [-0.4, -0.2) is 43.0 Å². The minimum atomic E-state index is -4.74. The summed E-state index contributed by atoms with van der Waals surface area (Å²) in [6, 6.07) is 19.5. The maximum absolute atomic E-state index is 14.5. The first-order chi connectivity index (χ1) is 20.4. The van der Waals surface area contributed by atoms with Crippen LogP contribution in [0.2, 0.25) is 18.1 Å². The monoisotopic (exact) mass is 629 g/mol. The number of amides is 2. The predicted octanol–water partition coefficient (Wildman–Crippen LogP) is 6.79. The van der Waals surface area contributed by atoms with Crippen LogP contribution in [0.25, 0.3) is 11.3 Å². The first-order valence-electron chi connectivity index (χ1n) is 14.6. The molecule has 238 valence electrons. The Kier molecular flexibility index (Phi) is 11.0. The van der Waals surface area contributed by atoms with E-state index in [2.05, 4.69) is 10.6 Å². The van der Waals surface area contributed by atoms with Gasteiger partial charge >= 0.3 is 6.18 Å². The molecule has 2 atom stereocenters. The average Bonchev–Trinajstić information content (AvgIpc) is 2.92. The molecule has 3 aromatic rings. The van der Waals surface area contributed by atoms with Gasteiger partial charge in [-0.3, -0.25) is 19.0 Å². The van der Waals surface area contributed by atoms with Gasteiger partial charge in [-0.15, -0.1) is 0 Å². The average molecular weight is 630 g/mol. The topological polar surface area (TPSA) is 89.4 Å². The number of carbonyl (C=O) groups is 2. The van der Waals surface area contributed by atoms with Crippen molar-refractivity contribution >= 4 is 25.8 Å². The molecule has 0 aliphatic carbocycles. The Bertz CT molecular complexity index is 1480. The fraction of sp³-hybridized carbons (Fsp3) is 0.424. The van der Waals surface area contributed by atoms with Crippen molar-refractivity contribution in [1.82, 2.24) is 9.88 Å². The zero-order chi connectivity index (χ0) is 32.9. The third-order valence-corrected chi connectivity index (χ3v) is 12.4. The number of rotatable bonds is 11. The summed E-state index contributed by atoms with van der Waals surface area (Å²) < 4.78 is 50.4. The van der Waals surface area contributed by atoms with Gasteiger partial charge in [-0.2, -0.15) is 13.2 Å². The van der Waals surface area contributed by atoms with Gasteiger partial charge in [-0.1, -0.05) is 95.3 Å². The molecule has 0 aliphatic rings. The first kappa shape index (κ1) is 34.8. The van der Waals surface area contributed by atoms with Gasteiger partial charge < -0.3 is 15.1 Å². The second-order valence-corrected chi connectivity index (χ2v) is 17.5. The van der Waals surface area contributed by atoms with E-state index < -0.39 is 61.5 Å². The molecule has 2 unspecified atom stereocenters. The van der Waals surface area contributed by atoms with Gasteiger partial charge in [0.25, 0.3) is 5.56 Å². The van der Waals surface area contributed by atoms with Crippen molar-refractivity contribution in [3.63, 3.8) is 0 Å². The summed E-state index contributed by atoms with van der Waals surface area (Å²) in [4.78, 5) is 39.9. The molecule has 2 aromatic carbocycles. The van der Waals surface area contributed by atoms with Crippen LogP contribution in [-0.2, 0) is 27.0 Å². The fourth-order valence-corrected chi connectivity index (χ4v) is 5.74. The molecule has 0 bridgehead atoms. The van der Waals surface area contributed by atoms with E-state index in [9.17, 15) is 27.6 Å². The molecule has 7 nitrogen and oxygen atoms in total. The highest BCUT2D eigenvalue weighted by Gasteiger charge is 2.52. The molecule has 2 amide bonds. The number of nitrogens with zero attached hydrogens (tertiary/aromatic N) is 1. The number of halogens is 3. The van der Waals surface area contributed by atoms with Crippen LogP contribution in [0.1, 0.15) is 40.2 Å². The van der Waals surface area contributed by atoms with E-state index in [1.165, 1.54) is 6.07 Å². The molecule has 3 rings (SSSR count). The Morgan fingerprint density at radius 3 is 1.98 bits per heavy atom. The number of nitrogens with one attached hydrogen (secondary N) is 2. The summed E-state index contributed by atoms with van der Waals surface area (Å²) in [6.45, 7) is 11.6. The lowest BCUT2D eigenvalue weighted by Crippen LogP contribution is -2.59. The number of anilines is 1. The molecular formula is C33H42F3N3O4Si. The highest BCUT2D eigenvalue weighted by Crippen LogP contribution is 2.41. The Hall–Kier alpha value is -3.70. The minimum Gasteiger partial charge on any atom is -0.404 e. The van der Waals surface area contributed by atoms with Gasteiger partial charge in [0.05, 0.1) is 18.2 Å². The van der Waals surface area contributed by atoms with E-state index >= 15 is 0 Å². The SMILES string of the molecule is CC(C)C(NC(=O)Cn1c(-c2ccccc2)ccc(NC(=O)Cc2ccccc2)c1=O)C(O[Si](C)(C)C(C)(C)C)C(F)(F)F. The van der Waals surface area contributed by atoms with Crippen LogP contribution in [0.3, 0.4) is 0 Å². The Labute approximate surface area is 258 Å². The molecule has 0 saturated carbocycles. The Morgan fingerprint density at radius 2 is 1.45 bits per heavy atom. The highest BCUT2D eigenvalue weighted by atomic mass is 28.4. The molecule has 0 radical (unpaired) electrons. The zero-order valence-corrected chi connectivity index (χ0v) is 27.3. The van der Waals surface area contributed by atoms with Gasteiger partial charge in [0, 0.05) is 0 Å². The zero-order valence-electron chi connectivity index (χ0n) is 26.3. The Morgan fingerprint density at radius 1 is 0.886 bits per heavy atom. The molecule has 0 aliphatic heterocycles. The van der Waals surface area contributed by atoms with Crippen LogP contribution in [0.15, 0.2) is 77.6 Å². The number of hydrogen-bond donors (Lipinski definition) is 2. The third-order valence-electron chi connectivity index (χ3n) is 7.95. The van der Waals surface area contributed by atoms with E-state index in [0.29, 0.717) is 11.3 Å². The summed E-state index contributed by atoms with van der Waals surface area (Å²) in [6.07, 6.45) is -6.95. The van der Waals surface area contributed by atoms with Gasteiger partial charge in [0.2, 0.25) is 11.8 Å². The van der Waals surface area contributed by atoms with Gasteiger partial charge in [0.15, 0.2) is 14.4 Å². The molecule has 1 heterocycles. The highest BCUT2D eigenvalue weighted by molar-refractivity contribution is 6.74. The summed E-state index contributed by atoms with van der Waals surface area (Å²) in [5, 5.41) is 4.66. The van der Waals surface area contributed by atoms with E-state index in [0.717, 1.165) is 10.1 Å². The van der Waals surface area contributed by atoms with Crippen LogP contribution < -0.4 is 16.2 Å². The number of alkyl halides is 3. The minimum absolute atomic E-state index is 0.0321. The van der Waals surface area contributed by atoms with Gasteiger partial charge in [-0.25, -0.2) is 0 Å². The summed E-state index contributed by atoms with van der Waals surface area (Å²) in [7, 11) is -2.89. The molecule has 1 aromatic heterocycles. The van der Waals surface area contributed by atoms with Crippen molar-refractivity contribution in [2.24, 2.45) is 5.92 Å². The van der Waals surface area contributed by atoms with Crippen LogP contribution in [0, 0.1) is 5.92 Å². The van der Waals surface area contributed by atoms with Crippen LogP contribution in [0.5, 0.6) is 0 Å². The van der Waals surface area contributed by atoms with Gasteiger partial charge in [-0.05, 0) is 47.3 Å². The smallest absolute Gasteiger partial charge is 0.404 e. The molecule has 44 heavy (non-hydrogen) atoms. The van der Waals surface area contributed by atoms with Crippen molar-refractivity contribution < 1.29 is 27.2 Å². The van der Waals surface area contributed by atoms with Crippen molar-refractivity contribution in [2.75, 3.05) is 5.32 Å². The van der Waals surface area contributed by atoms with E-state index in [1.54, 1.807) is 87.6 Å². The summed E-state index contributed by atoms with van der Waals surface area (Å²) in [5.74, 6) is -1.85. The number of hydrogen-bond acceptors (Lipinski definition) is 4. The van der Waals surface area contributed by atoms with Gasteiger partial charge in [0.1, 0.15) is 12.2 Å². The fourth-order valence-electron chi connectivity index (χ4n) is 4.47. The molecule has 0 spiro atoms. The predicted molar refractivity (Wildman–Crippen MR) is 170 cm³/mol. The second-order valence-electron chi connectivity index (χ2n) is 12.8. The van der Waals surface area contributed by atoms with Crippen molar-refractivity contribution in [3.05, 3.63) is 88.7 Å². The molecule has 2 N–H and O–H groups in total. The summed E-state index contributed by atoms with van der Waals surface area (Å²) in [5.41, 5.74) is 1.04. The normalized spacial score (nSPS) is 13.8. The maximum Gasteiger partial charge on any atom is 0.415 e. The van der Waals surface area contributed by atoms with Crippen molar-refractivity contribution in [2.45, 2.75) is 84.0 Å². The molecule has 0 fully saturated rings. The van der Waals surface area contributed by atoms with E-state index in [-0.39, 0.29) is 12.1 Å². The number of benzene rings is 2. The maximum atomic E-state index is 14.5. The standard InChI is InChI=1S/C33H42F3N3O4Si/c1-22(2)29(30(33(34,35)36)43-44(6,7)32(3,4)5)38-28(41)21-39-26(24-16-12-9-13-17-24)19-18-25(31(39)42)37-27(40)20-23-14-10-8-11-15-23/h8-19,22,29-30H,20-21H2,1-7H3,(H,37,40)(H,38,41). The largest absolute Gasteiger partial charge is 0.415 e. The number of carbonyl (C=O) groups excluding carboxylic acids is 2. The lowest BCUT2D eigenvalue weighted by atomic mass is 9.98. The molecule has 11 heteroatoms. The quantitative estimate of drug-likeness (QED) is 0.229. The lowest BCUT2D eigenvalue weighted by Gasteiger charge is -2.42. The lowest BCUT2D eigenvalue weighted by molar-refractivity contribution is -0.210. The third kappa shape index (κ3) is 8.92. The van der Waals surface area contributed by atoms with Crippen LogP contribution in [0.4, 0.5) is 18.9 Å². The second kappa shape index (κ2) is 13.9. The molecule has 0 saturated heterocycles. The number of aromatic nitrogens is 1.